The van der Waals surface area contributed by atoms with E-state index < -0.39 is 12.0 Å². The first-order valence-electron chi connectivity index (χ1n) is 7.24. The highest BCUT2D eigenvalue weighted by atomic mass is 16.5. The van der Waals surface area contributed by atoms with Crippen LogP contribution in [-0.4, -0.2) is 61.4 Å². The van der Waals surface area contributed by atoms with Crippen molar-refractivity contribution >= 4 is 11.9 Å². The Labute approximate surface area is 130 Å². The van der Waals surface area contributed by atoms with Gasteiger partial charge in [-0.1, -0.05) is 30.3 Å². The number of carboxylic acid groups (broad SMARTS) is 1. The minimum absolute atomic E-state index is 0.151. The predicted molar refractivity (Wildman–Crippen MR) is 81.7 cm³/mol. The van der Waals surface area contributed by atoms with E-state index in [9.17, 15) is 14.7 Å². The molecule has 1 N–H and O–H groups in total. The van der Waals surface area contributed by atoms with Crippen LogP contribution < -0.4 is 0 Å². The van der Waals surface area contributed by atoms with Crippen LogP contribution in [0.4, 0.5) is 0 Å². The van der Waals surface area contributed by atoms with Crippen LogP contribution >= 0.6 is 0 Å². The zero-order valence-corrected chi connectivity index (χ0v) is 13.0. The van der Waals surface area contributed by atoms with Gasteiger partial charge in [0.15, 0.2) is 0 Å². The maximum atomic E-state index is 12.0. The van der Waals surface area contributed by atoms with Crippen LogP contribution in [0.25, 0.3) is 0 Å². The highest BCUT2D eigenvalue weighted by Crippen LogP contribution is 2.08. The average Bonchev–Trinajstić information content (AvgIpc) is 2.52. The third kappa shape index (κ3) is 6.24. The van der Waals surface area contributed by atoms with Gasteiger partial charge in [0.1, 0.15) is 12.6 Å². The van der Waals surface area contributed by atoms with E-state index in [0.717, 1.165) is 5.56 Å². The molecule has 1 aromatic carbocycles. The molecule has 6 heteroatoms. The highest BCUT2D eigenvalue weighted by Gasteiger charge is 2.26. The molecule has 122 valence electrons. The monoisotopic (exact) mass is 309 g/mol. The van der Waals surface area contributed by atoms with Crippen LogP contribution in [0.2, 0.25) is 0 Å². The number of hydrogen-bond acceptors (Lipinski definition) is 4. The van der Waals surface area contributed by atoms with Crippen LogP contribution in [0, 0.1) is 0 Å². The number of rotatable bonds is 10. The summed E-state index contributed by atoms with van der Waals surface area (Å²) in [5.74, 6) is -1.39. The van der Waals surface area contributed by atoms with E-state index in [0.29, 0.717) is 19.8 Å². The number of aliphatic carboxylic acids is 1. The molecule has 0 aliphatic rings. The Kier molecular flexibility index (Phi) is 8.17. The van der Waals surface area contributed by atoms with E-state index in [1.807, 2.05) is 37.3 Å². The van der Waals surface area contributed by atoms with E-state index in [2.05, 4.69) is 0 Å². The lowest BCUT2D eigenvalue weighted by molar-refractivity contribution is -0.151. The Balaban J connectivity index is 2.52. The van der Waals surface area contributed by atoms with Gasteiger partial charge in [-0.3, -0.25) is 4.79 Å². The number of hydrogen-bond donors (Lipinski definition) is 1. The van der Waals surface area contributed by atoms with Gasteiger partial charge in [0.2, 0.25) is 5.91 Å². The number of ether oxygens (including phenoxy) is 2. The topological polar surface area (TPSA) is 76.1 Å². The maximum Gasteiger partial charge on any atom is 0.326 e. The summed E-state index contributed by atoms with van der Waals surface area (Å²) in [6.45, 7) is 3.04. The van der Waals surface area contributed by atoms with Crippen LogP contribution in [0.5, 0.6) is 0 Å². The van der Waals surface area contributed by atoms with Crippen molar-refractivity contribution in [2.45, 2.75) is 19.4 Å². The molecule has 1 aromatic rings. The number of likely N-dealkylation sites (N-methyl/N-ethyl adjacent to an activating group) is 1. The van der Waals surface area contributed by atoms with E-state index >= 15 is 0 Å². The molecule has 1 rings (SSSR count). The summed E-state index contributed by atoms with van der Waals surface area (Å²) in [5, 5.41) is 9.34. The summed E-state index contributed by atoms with van der Waals surface area (Å²) in [6, 6.07) is 8.31. The number of benzene rings is 1. The largest absolute Gasteiger partial charge is 0.480 e. The first kappa shape index (κ1) is 18.1. The average molecular weight is 309 g/mol. The minimum atomic E-state index is -1.03. The number of amides is 1. The van der Waals surface area contributed by atoms with Gasteiger partial charge in [-0.25, -0.2) is 4.79 Å². The maximum absolute atomic E-state index is 12.0. The fourth-order valence-electron chi connectivity index (χ4n) is 1.92. The van der Waals surface area contributed by atoms with Crippen LogP contribution in [0.1, 0.15) is 12.5 Å². The minimum Gasteiger partial charge on any atom is -0.480 e. The number of carboxylic acids is 1. The van der Waals surface area contributed by atoms with Crippen molar-refractivity contribution < 1.29 is 24.2 Å². The van der Waals surface area contributed by atoms with Gasteiger partial charge >= 0.3 is 5.97 Å². The highest BCUT2D eigenvalue weighted by molar-refractivity contribution is 5.84. The fraction of sp³-hybridized carbons (Fsp3) is 0.500. The normalized spacial score (nSPS) is 11.9. The molecular formula is C16H23NO5. The predicted octanol–water partition coefficient (Wildman–Crippen LogP) is 1.19. The molecular weight excluding hydrogens is 286 g/mol. The first-order chi connectivity index (χ1) is 10.6. The lowest BCUT2D eigenvalue weighted by Crippen LogP contribution is -2.45. The van der Waals surface area contributed by atoms with E-state index in [-0.39, 0.29) is 18.9 Å². The summed E-state index contributed by atoms with van der Waals surface area (Å²) in [4.78, 5) is 24.6. The van der Waals surface area contributed by atoms with Gasteiger partial charge in [0, 0.05) is 20.1 Å². The number of carbonyl (C=O) groups excluding carboxylic acids is 1. The van der Waals surface area contributed by atoms with Crippen molar-refractivity contribution in [3.05, 3.63) is 35.9 Å². The smallest absolute Gasteiger partial charge is 0.326 e. The van der Waals surface area contributed by atoms with Crippen molar-refractivity contribution in [2.75, 3.05) is 33.5 Å². The molecule has 0 radical (unpaired) electrons. The molecule has 0 aliphatic heterocycles. The van der Waals surface area contributed by atoms with Crippen molar-refractivity contribution in [3.8, 4) is 0 Å². The summed E-state index contributed by atoms with van der Waals surface area (Å²) in [6.07, 6.45) is 0.261. The Hall–Kier alpha value is -1.92. The standard InChI is InChI=1S/C16H23NO5/c1-3-21-9-10-22-12-15(18)17(2)14(16(19)20)11-13-7-5-4-6-8-13/h4-8,14H,3,9-12H2,1-2H3,(H,19,20). The lowest BCUT2D eigenvalue weighted by Gasteiger charge is -2.25. The quantitative estimate of drug-likeness (QED) is 0.657. The second-order valence-corrected chi connectivity index (χ2v) is 4.80. The molecule has 6 nitrogen and oxygen atoms in total. The summed E-state index contributed by atoms with van der Waals surface area (Å²) in [5.41, 5.74) is 0.867. The van der Waals surface area contributed by atoms with Gasteiger partial charge < -0.3 is 19.5 Å². The number of nitrogens with zero attached hydrogens (tertiary/aromatic N) is 1. The van der Waals surface area contributed by atoms with Crippen LogP contribution in [-0.2, 0) is 25.5 Å². The van der Waals surface area contributed by atoms with Crippen molar-refractivity contribution in [1.82, 2.24) is 4.90 Å². The van der Waals surface area contributed by atoms with Crippen LogP contribution in [0.3, 0.4) is 0 Å². The Morgan fingerprint density at radius 1 is 1.18 bits per heavy atom. The third-order valence-corrected chi connectivity index (χ3v) is 3.22. The molecule has 0 aromatic heterocycles. The molecule has 0 spiro atoms. The summed E-state index contributed by atoms with van der Waals surface area (Å²) in [7, 11) is 1.48. The van der Waals surface area contributed by atoms with E-state index in [4.69, 9.17) is 9.47 Å². The number of carbonyl (C=O) groups is 2. The fourth-order valence-corrected chi connectivity index (χ4v) is 1.92. The van der Waals surface area contributed by atoms with Gasteiger partial charge in [0.25, 0.3) is 0 Å². The van der Waals surface area contributed by atoms with Crippen molar-refractivity contribution in [3.63, 3.8) is 0 Å². The van der Waals surface area contributed by atoms with Gasteiger partial charge in [0.05, 0.1) is 13.2 Å². The van der Waals surface area contributed by atoms with Crippen molar-refractivity contribution in [2.24, 2.45) is 0 Å². The molecule has 1 unspecified atom stereocenters. The van der Waals surface area contributed by atoms with Crippen molar-refractivity contribution in [1.29, 1.82) is 0 Å². The molecule has 0 heterocycles. The third-order valence-electron chi connectivity index (χ3n) is 3.22. The Morgan fingerprint density at radius 2 is 1.82 bits per heavy atom. The molecule has 0 aliphatic carbocycles. The zero-order chi connectivity index (χ0) is 16.4. The first-order valence-corrected chi connectivity index (χ1v) is 7.24. The summed E-state index contributed by atoms with van der Waals surface area (Å²) < 4.78 is 10.3. The molecule has 0 bridgehead atoms. The lowest BCUT2D eigenvalue weighted by atomic mass is 10.1. The second kappa shape index (κ2) is 9.92. The second-order valence-electron chi connectivity index (χ2n) is 4.80. The zero-order valence-electron chi connectivity index (χ0n) is 13.0. The van der Waals surface area contributed by atoms with E-state index in [1.165, 1.54) is 11.9 Å². The summed E-state index contributed by atoms with van der Waals surface area (Å²) >= 11 is 0. The Bertz CT molecular complexity index is 463. The van der Waals surface area contributed by atoms with Gasteiger partial charge in [-0.2, -0.15) is 0 Å². The molecule has 1 atom stereocenters. The molecule has 22 heavy (non-hydrogen) atoms. The van der Waals surface area contributed by atoms with E-state index in [1.54, 1.807) is 0 Å². The SMILES string of the molecule is CCOCCOCC(=O)N(C)C(Cc1ccccc1)C(=O)O. The van der Waals surface area contributed by atoms with Gasteiger partial charge in [-0.15, -0.1) is 0 Å². The molecule has 0 saturated heterocycles. The molecule has 0 saturated carbocycles. The molecule has 1 amide bonds. The van der Waals surface area contributed by atoms with Gasteiger partial charge in [-0.05, 0) is 12.5 Å². The van der Waals surface area contributed by atoms with Crippen LogP contribution in [0.15, 0.2) is 30.3 Å². The Morgan fingerprint density at radius 3 is 2.41 bits per heavy atom. The molecule has 0 fully saturated rings.